The molecule has 1 aromatic heterocycles. The number of fused-ring (bicyclic) bond motifs is 1. The number of benzene rings is 1. The molecule has 1 amide bonds. The van der Waals surface area contributed by atoms with E-state index < -0.39 is 5.76 Å². The first-order valence-corrected chi connectivity index (χ1v) is 7.02. The molecule has 5 heteroatoms. The van der Waals surface area contributed by atoms with Crippen LogP contribution in [-0.2, 0) is 0 Å². The second-order valence-corrected chi connectivity index (χ2v) is 5.57. The Bertz CT molecular complexity index is 690. The largest absolute Gasteiger partial charge is 0.417 e. The molecular weight excluding hydrogens is 256 g/mol. The number of nitrogens with one attached hydrogen (secondary N) is 1. The molecule has 2 unspecified atom stereocenters. The minimum atomic E-state index is -0.496. The molecule has 0 aliphatic carbocycles. The molecule has 5 nitrogen and oxygen atoms in total. The fraction of sp³-hybridized carbons (Fsp3) is 0.467. The van der Waals surface area contributed by atoms with E-state index in [1.54, 1.807) is 18.2 Å². The summed E-state index contributed by atoms with van der Waals surface area (Å²) < 4.78 is 4.95. The van der Waals surface area contributed by atoms with E-state index in [0.717, 1.165) is 12.8 Å². The summed E-state index contributed by atoms with van der Waals surface area (Å²) in [5, 5.41) is 0. The molecule has 0 radical (unpaired) electrons. The van der Waals surface area contributed by atoms with Crippen LogP contribution in [0.15, 0.2) is 27.4 Å². The average Bonchev–Trinajstić information content (AvgIpc) is 2.77. The van der Waals surface area contributed by atoms with Gasteiger partial charge < -0.3 is 9.32 Å². The van der Waals surface area contributed by atoms with Gasteiger partial charge in [-0.05, 0) is 51.3 Å². The number of nitrogens with zero attached hydrogens (tertiary/aromatic N) is 1. The SMILES string of the molecule is CC1CCCC(C)N1C(=O)c1ccc2oc(=O)[nH]c2c1. The molecule has 2 atom stereocenters. The van der Waals surface area contributed by atoms with Gasteiger partial charge in [0.1, 0.15) is 0 Å². The van der Waals surface area contributed by atoms with Crippen molar-refractivity contribution in [1.29, 1.82) is 0 Å². The number of piperidine rings is 1. The zero-order valence-corrected chi connectivity index (χ0v) is 11.7. The lowest BCUT2D eigenvalue weighted by molar-refractivity contribution is 0.0511. The summed E-state index contributed by atoms with van der Waals surface area (Å²) in [6, 6.07) is 5.59. The van der Waals surface area contributed by atoms with Gasteiger partial charge in [-0.3, -0.25) is 9.78 Å². The monoisotopic (exact) mass is 274 g/mol. The fourth-order valence-corrected chi connectivity index (χ4v) is 3.06. The Morgan fingerprint density at radius 2 is 2.00 bits per heavy atom. The predicted octanol–water partition coefficient (Wildman–Crippen LogP) is 2.52. The van der Waals surface area contributed by atoms with Crippen LogP contribution in [0.3, 0.4) is 0 Å². The first-order chi connectivity index (χ1) is 9.56. The number of aromatic amines is 1. The predicted molar refractivity (Wildman–Crippen MR) is 75.8 cm³/mol. The number of amides is 1. The molecule has 1 N–H and O–H groups in total. The summed E-state index contributed by atoms with van der Waals surface area (Å²) in [6.45, 7) is 4.18. The van der Waals surface area contributed by atoms with Crippen LogP contribution in [0.4, 0.5) is 0 Å². The van der Waals surface area contributed by atoms with Crippen molar-refractivity contribution < 1.29 is 9.21 Å². The Morgan fingerprint density at radius 1 is 1.30 bits per heavy atom. The van der Waals surface area contributed by atoms with Gasteiger partial charge in [0.15, 0.2) is 5.58 Å². The van der Waals surface area contributed by atoms with Crippen molar-refractivity contribution in [1.82, 2.24) is 9.88 Å². The Hall–Kier alpha value is -2.04. The van der Waals surface area contributed by atoms with Crippen LogP contribution in [0.2, 0.25) is 0 Å². The molecule has 106 valence electrons. The first-order valence-electron chi connectivity index (χ1n) is 7.02. The van der Waals surface area contributed by atoms with E-state index in [-0.39, 0.29) is 18.0 Å². The number of carbonyl (C=O) groups excluding carboxylic acids is 1. The van der Waals surface area contributed by atoms with Crippen molar-refractivity contribution in [3.05, 3.63) is 34.3 Å². The molecule has 1 aliphatic heterocycles. The van der Waals surface area contributed by atoms with Gasteiger partial charge in [0.25, 0.3) is 5.91 Å². The van der Waals surface area contributed by atoms with Crippen LogP contribution >= 0.6 is 0 Å². The summed E-state index contributed by atoms with van der Waals surface area (Å²) in [4.78, 5) is 28.4. The minimum Gasteiger partial charge on any atom is -0.408 e. The van der Waals surface area contributed by atoms with Gasteiger partial charge in [0.2, 0.25) is 0 Å². The number of H-pyrrole nitrogens is 1. The number of hydrogen-bond acceptors (Lipinski definition) is 3. The zero-order chi connectivity index (χ0) is 14.3. The molecule has 3 rings (SSSR count). The summed E-state index contributed by atoms with van der Waals surface area (Å²) >= 11 is 0. The van der Waals surface area contributed by atoms with Crippen molar-refractivity contribution in [2.24, 2.45) is 0 Å². The minimum absolute atomic E-state index is 0.0219. The number of oxazole rings is 1. The Kier molecular flexibility index (Phi) is 3.12. The van der Waals surface area contributed by atoms with Gasteiger partial charge in [0.05, 0.1) is 5.52 Å². The highest BCUT2D eigenvalue weighted by Crippen LogP contribution is 2.25. The van der Waals surface area contributed by atoms with E-state index in [1.807, 2.05) is 4.90 Å². The molecule has 2 aromatic rings. The molecule has 0 bridgehead atoms. The van der Waals surface area contributed by atoms with Gasteiger partial charge >= 0.3 is 5.76 Å². The van der Waals surface area contributed by atoms with Crippen molar-refractivity contribution in [3.8, 4) is 0 Å². The third kappa shape index (κ3) is 2.13. The number of hydrogen-bond donors (Lipinski definition) is 1. The van der Waals surface area contributed by atoms with Crippen molar-refractivity contribution in [2.75, 3.05) is 0 Å². The standard InChI is InChI=1S/C15H18N2O3/c1-9-4-3-5-10(2)17(9)14(18)11-6-7-13-12(8-11)16-15(19)20-13/h6-10H,3-5H2,1-2H3,(H,16,19). The summed E-state index contributed by atoms with van der Waals surface area (Å²) in [5.74, 6) is -0.474. The van der Waals surface area contributed by atoms with Gasteiger partial charge in [-0.25, -0.2) is 4.79 Å². The maximum atomic E-state index is 12.7. The van der Waals surface area contributed by atoms with Crippen LogP contribution in [0, 0.1) is 0 Å². The van der Waals surface area contributed by atoms with Gasteiger partial charge in [-0.15, -0.1) is 0 Å². The number of likely N-dealkylation sites (tertiary alicyclic amines) is 1. The number of rotatable bonds is 1. The van der Waals surface area contributed by atoms with Crippen LogP contribution in [0.1, 0.15) is 43.5 Å². The van der Waals surface area contributed by atoms with Crippen LogP contribution < -0.4 is 5.76 Å². The number of carbonyl (C=O) groups is 1. The molecule has 1 saturated heterocycles. The fourth-order valence-electron chi connectivity index (χ4n) is 3.06. The highest BCUT2D eigenvalue weighted by Gasteiger charge is 2.29. The summed E-state index contributed by atoms with van der Waals surface area (Å²) in [6.07, 6.45) is 3.25. The molecule has 1 fully saturated rings. The molecular formula is C15H18N2O3. The molecule has 2 heterocycles. The van der Waals surface area contributed by atoms with Crippen LogP contribution in [0.5, 0.6) is 0 Å². The molecule has 1 aromatic carbocycles. The molecule has 20 heavy (non-hydrogen) atoms. The smallest absolute Gasteiger partial charge is 0.408 e. The third-order valence-electron chi connectivity index (χ3n) is 4.09. The van der Waals surface area contributed by atoms with Gasteiger partial charge in [0, 0.05) is 17.6 Å². The quantitative estimate of drug-likeness (QED) is 0.869. The highest BCUT2D eigenvalue weighted by molar-refractivity contribution is 5.97. The van der Waals surface area contributed by atoms with E-state index in [0.29, 0.717) is 16.7 Å². The normalized spacial score (nSPS) is 23.2. The molecule has 0 spiro atoms. The van der Waals surface area contributed by atoms with E-state index in [4.69, 9.17) is 4.42 Å². The van der Waals surface area contributed by atoms with E-state index >= 15 is 0 Å². The van der Waals surface area contributed by atoms with Crippen molar-refractivity contribution in [3.63, 3.8) is 0 Å². The third-order valence-corrected chi connectivity index (χ3v) is 4.09. The second-order valence-electron chi connectivity index (χ2n) is 5.57. The Morgan fingerprint density at radius 3 is 2.70 bits per heavy atom. The number of aromatic nitrogens is 1. The maximum absolute atomic E-state index is 12.7. The van der Waals surface area contributed by atoms with Crippen molar-refractivity contribution >= 4 is 17.0 Å². The molecule has 0 saturated carbocycles. The summed E-state index contributed by atoms with van der Waals surface area (Å²) in [7, 11) is 0. The van der Waals surface area contributed by atoms with Crippen molar-refractivity contribution in [2.45, 2.75) is 45.2 Å². The van der Waals surface area contributed by atoms with Crippen LogP contribution in [0.25, 0.3) is 11.1 Å². The lowest BCUT2D eigenvalue weighted by Crippen LogP contribution is -2.47. The van der Waals surface area contributed by atoms with Crippen LogP contribution in [-0.4, -0.2) is 27.9 Å². The molecule has 1 aliphatic rings. The Labute approximate surface area is 116 Å². The van der Waals surface area contributed by atoms with E-state index in [9.17, 15) is 9.59 Å². The Balaban J connectivity index is 1.96. The van der Waals surface area contributed by atoms with Gasteiger partial charge in [-0.1, -0.05) is 0 Å². The van der Waals surface area contributed by atoms with E-state index in [2.05, 4.69) is 18.8 Å². The zero-order valence-electron chi connectivity index (χ0n) is 11.7. The van der Waals surface area contributed by atoms with Gasteiger partial charge in [-0.2, -0.15) is 0 Å². The average molecular weight is 274 g/mol. The highest BCUT2D eigenvalue weighted by atomic mass is 16.4. The van der Waals surface area contributed by atoms with E-state index in [1.165, 1.54) is 6.42 Å². The lowest BCUT2D eigenvalue weighted by Gasteiger charge is -2.39. The maximum Gasteiger partial charge on any atom is 0.417 e. The first kappa shape index (κ1) is 13.0. The second kappa shape index (κ2) is 4.81. The summed E-state index contributed by atoms with van der Waals surface area (Å²) in [5.41, 5.74) is 1.64. The topological polar surface area (TPSA) is 66.3 Å². The lowest BCUT2D eigenvalue weighted by atomic mass is 9.96.